The zero-order valence-corrected chi connectivity index (χ0v) is 28.1. The van der Waals surface area contributed by atoms with Gasteiger partial charge in [0.2, 0.25) is 17.7 Å². The first-order valence-electron chi connectivity index (χ1n) is 14.3. The van der Waals surface area contributed by atoms with Crippen molar-refractivity contribution in [3.8, 4) is 16.2 Å². The van der Waals surface area contributed by atoms with Gasteiger partial charge in [-0.3, -0.25) is 14.4 Å². The fourth-order valence-corrected chi connectivity index (χ4v) is 5.76. The van der Waals surface area contributed by atoms with Crippen molar-refractivity contribution < 1.29 is 24.2 Å². The van der Waals surface area contributed by atoms with Crippen LogP contribution in [0.2, 0.25) is 0 Å². The van der Waals surface area contributed by atoms with Gasteiger partial charge in [-0.05, 0) is 43.4 Å². The van der Waals surface area contributed by atoms with E-state index >= 15 is 0 Å². The molecule has 1 aromatic carbocycles. The number of aromatic nitrogens is 1. The Kier molecular flexibility index (Phi) is 15.9. The summed E-state index contributed by atoms with van der Waals surface area (Å²) < 4.78 is 6.19. The van der Waals surface area contributed by atoms with Gasteiger partial charge in [-0.25, -0.2) is 4.98 Å². The summed E-state index contributed by atoms with van der Waals surface area (Å²) in [6, 6.07) is 4.25. The van der Waals surface area contributed by atoms with Gasteiger partial charge in [-0.1, -0.05) is 45.7 Å². The number of nitrogens with one attached hydrogen (secondary N) is 2. The highest BCUT2D eigenvalue weighted by atomic mass is 35.5. The molecule has 0 saturated carbocycles. The third kappa shape index (κ3) is 10.9. The summed E-state index contributed by atoms with van der Waals surface area (Å²) >= 11 is 1.56. The van der Waals surface area contributed by atoms with Gasteiger partial charge >= 0.3 is 0 Å². The molecular formula is C30H47Cl2N5O5S. The van der Waals surface area contributed by atoms with Gasteiger partial charge in [-0.15, -0.1) is 36.2 Å². The van der Waals surface area contributed by atoms with Crippen LogP contribution in [0.5, 0.6) is 5.75 Å². The molecule has 0 bridgehead atoms. The lowest BCUT2D eigenvalue weighted by Crippen LogP contribution is -2.57. The number of carbonyl (C=O) groups excluding carboxylic acids is 3. The minimum atomic E-state index is -0.845. The molecule has 0 radical (unpaired) electrons. The number of ether oxygens (including phenoxy) is 1. The number of nitrogens with zero attached hydrogens (tertiary/aromatic N) is 2. The summed E-state index contributed by atoms with van der Waals surface area (Å²) in [4.78, 5) is 45.5. The smallest absolute Gasteiger partial charge is 0.246 e. The summed E-state index contributed by atoms with van der Waals surface area (Å²) in [5.74, 6) is -0.386. The van der Waals surface area contributed by atoms with Crippen LogP contribution in [0.3, 0.4) is 0 Å². The Hall–Kier alpha value is -2.44. The molecule has 1 saturated heterocycles. The van der Waals surface area contributed by atoms with Crippen molar-refractivity contribution in [2.45, 2.75) is 91.5 Å². The van der Waals surface area contributed by atoms with Crippen LogP contribution in [0, 0.1) is 12.3 Å². The van der Waals surface area contributed by atoms with E-state index in [0.717, 1.165) is 47.4 Å². The number of hydrogen-bond donors (Lipinski definition) is 4. The number of aryl methyl sites for hydroxylation is 1. The first kappa shape index (κ1) is 38.6. The van der Waals surface area contributed by atoms with E-state index in [9.17, 15) is 19.5 Å². The molecule has 1 aromatic heterocycles. The van der Waals surface area contributed by atoms with Crippen molar-refractivity contribution in [3.05, 3.63) is 35.0 Å². The number of β-amino-alcohol motifs (C(OH)–C–C–N with tert-alkyl or cyclic N) is 1. The molecule has 3 rings (SSSR count). The maximum atomic E-state index is 13.5. The standard InChI is InChI=1S/C30H45N5O5S.2ClH/c1-19-26(41-18-33-19)21-10-11-22(25(14-21)40-13-9-7-6-8-12-31)16-32-28(38)24-15-23(37)17-35(24)29(39)27(30(3,4)5)34-20(2)36;;/h10-11,14,18,23-24,27,37H,6-9,12-13,15-17,31H2,1-5H3,(H,32,38)(H,34,36);2*1H/t23-,24+,27-;;/m1../s1. The van der Waals surface area contributed by atoms with Crippen LogP contribution >= 0.6 is 36.2 Å². The first-order valence-corrected chi connectivity index (χ1v) is 15.2. The number of rotatable bonds is 13. The highest BCUT2D eigenvalue weighted by molar-refractivity contribution is 7.13. The quantitative estimate of drug-likeness (QED) is 0.238. The molecule has 2 heterocycles. The number of aliphatic hydroxyl groups excluding tert-OH is 1. The molecule has 2 aromatic rings. The predicted molar refractivity (Wildman–Crippen MR) is 175 cm³/mol. The van der Waals surface area contributed by atoms with E-state index in [4.69, 9.17) is 10.5 Å². The lowest BCUT2D eigenvalue weighted by molar-refractivity contribution is -0.143. The van der Waals surface area contributed by atoms with Crippen molar-refractivity contribution in [1.29, 1.82) is 0 Å². The van der Waals surface area contributed by atoms with E-state index in [1.807, 2.05) is 51.4 Å². The van der Waals surface area contributed by atoms with Gasteiger partial charge in [0.1, 0.15) is 17.8 Å². The number of thiazole rings is 1. The van der Waals surface area contributed by atoms with E-state index in [-0.39, 0.29) is 62.0 Å². The molecule has 5 N–H and O–H groups in total. The van der Waals surface area contributed by atoms with Crippen molar-refractivity contribution >= 4 is 53.9 Å². The van der Waals surface area contributed by atoms with Gasteiger partial charge in [0, 0.05) is 32.0 Å². The average molecular weight is 661 g/mol. The van der Waals surface area contributed by atoms with Crippen molar-refractivity contribution in [3.63, 3.8) is 0 Å². The Morgan fingerprint density at radius 2 is 1.88 bits per heavy atom. The highest BCUT2D eigenvalue weighted by Gasteiger charge is 2.44. The fourth-order valence-electron chi connectivity index (χ4n) is 4.96. The minimum absolute atomic E-state index is 0. The molecule has 43 heavy (non-hydrogen) atoms. The van der Waals surface area contributed by atoms with E-state index < -0.39 is 23.6 Å². The third-order valence-corrected chi connectivity index (χ3v) is 8.19. The Bertz CT molecular complexity index is 1210. The second-order valence-electron chi connectivity index (χ2n) is 11.8. The second-order valence-corrected chi connectivity index (χ2v) is 12.6. The molecule has 0 unspecified atom stereocenters. The zero-order chi connectivity index (χ0) is 30.2. The predicted octanol–water partition coefficient (Wildman–Crippen LogP) is 3.99. The molecule has 3 atom stereocenters. The molecule has 13 heteroatoms. The summed E-state index contributed by atoms with van der Waals surface area (Å²) in [6.45, 7) is 10.3. The van der Waals surface area contributed by atoms with E-state index in [1.165, 1.54) is 11.8 Å². The van der Waals surface area contributed by atoms with Gasteiger partial charge in [-0.2, -0.15) is 0 Å². The van der Waals surface area contributed by atoms with Crippen LogP contribution in [0.25, 0.3) is 10.4 Å². The summed E-state index contributed by atoms with van der Waals surface area (Å²) in [6.07, 6.45) is 3.28. The lowest BCUT2D eigenvalue weighted by atomic mass is 9.85. The van der Waals surface area contributed by atoms with E-state index in [0.29, 0.717) is 18.9 Å². The monoisotopic (exact) mass is 659 g/mol. The van der Waals surface area contributed by atoms with Crippen molar-refractivity contribution in [2.75, 3.05) is 19.7 Å². The SMILES string of the molecule is CC(=O)N[C@H](C(=O)N1C[C@H](O)C[C@H]1C(=O)NCc1ccc(-c2scnc2C)cc1OCCCCCCN)C(C)(C)C.Cl.Cl. The Morgan fingerprint density at radius 3 is 2.49 bits per heavy atom. The Balaban J connectivity index is 0.00000462. The average Bonchev–Trinajstić information content (AvgIpc) is 3.52. The zero-order valence-electron chi connectivity index (χ0n) is 25.7. The fraction of sp³-hybridized carbons (Fsp3) is 0.600. The molecule has 3 amide bonds. The van der Waals surface area contributed by atoms with Crippen LogP contribution < -0.4 is 21.1 Å². The maximum absolute atomic E-state index is 13.5. The number of carbonyl (C=O) groups is 3. The Morgan fingerprint density at radius 1 is 1.19 bits per heavy atom. The number of likely N-dealkylation sites (tertiary alicyclic amines) is 1. The molecule has 10 nitrogen and oxygen atoms in total. The topological polar surface area (TPSA) is 147 Å². The molecule has 1 aliphatic rings. The summed E-state index contributed by atoms with van der Waals surface area (Å²) in [5.41, 5.74) is 9.59. The van der Waals surface area contributed by atoms with Crippen LogP contribution in [-0.4, -0.2) is 70.6 Å². The molecule has 0 spiro atoms. The van der Waals surface area contributed by atoms with Crippen molar-refractivity contribution in [1.82, 2.24) is 20.5 Å². The van der Waals surface area contributed by atoms with E-state index in [2.05, 4.69) is 15.6 Å². The van der Waals surface area contributed by atoms with Crippen LogP contribution in [-0.2, 0) is 20.9 Å². The number of nitrogens with two attached hydrogens (primary N) is 1. The molecular weight excluding hydrogens is 613 g/mol. The summed E-state index contributed by atoms with van der Waals surface area (Å²) in [5, 5.41) is 16.1. The number of hydrogen-bond acceptors (Lipinski definition) is 8. The van der Waals surface area contributed by atoms with Gasteiger partial charge in [0.15, 0.2) is 0 Å². The number of unbranched alkanes of at least 4 members (excludes halogenated alkanes) is 3. The number of amides is 3. The number of benzene rings is 1. The first-order chi connectivity index (χ1) is 19.4. The lowest BCUT2D eigenvalue weighted by Gasteiger charge is -2.35. The second kappa shape index (κ2) is 17.8. The van der Waals surface area contributed by atoms with Crippen molar-refractivity contribution in [2.24, 2.45) is 11.1 Å². The normalized spacial score (nSPS) is 17.0. The Labute approximate surface area is 271 Å². The molecule has 0 aliphatic carbocycles. The van der Waals surface area contributed by atoms with Crippen LogP contribution in [0.4, 0.5) is 0 Å². The molecule has 1 aliphatic heterocycles. The third-order valence-electron chi connectivity index (χ3n) is 7.21. The van der Waals surface area contributed by atoms with Gasteiger partial charge in [0.25, 0.3) is 0 Å². The van der Waals surface area contributed by atoms with Gasteiger partial charge < -0.3 is 31.1 Å². The number of aliphatic hydroxyl groups is 1. The number of halogens is 2. The highest BCUT2D eigenvalue weighted by Crippen LogP contribution is 2.32. The minimum Gasteiger partial charge on any atom is -0.493 e. The van der Waals surface area contributed by atoms with Gasteiger partial charge in [0.05, 0.1) is 28.8 Å². The van der Waals surface area contributed by atoms with Crippen LogP contribution in [0.1, 0.15) is 71.1 Å². The maximum Gasteiger partial charge on any atom is 0.246 e. The molecule has 1 fully saturated rings. The summed E-state index contributed by atoms with van der Waals surface area (Å²) in [7, 11) is 0. The van der Waals surface area contributed by atoms with Crippen LogP contribution in [0.15, 0.2) is 23.7 Å². The van der Waals surface area contributed by atoms with E-state index in [1.54, 1.807) is 11.3 Å². The molecule has 242 valence electrons. The largest absolute Gasteiger partial charge is 0.493 e.